The van der Waals surface area contributed by atoms with E-state index in [0.29, 0.717) is 37.6 Å². The lowest BCUT2D eigenvalue weighted by molar-refractivity contribution is -0.129. The van der Waals surface area contributed by atoms with Crippen molar-refractivity contribution in [1.82, 2.24) is 19.8 Å². The molecule has 8 heteroatoms. The van der Waals surface area contributed by atoms with Gasteiger partial charge in [0.15, 0.2) is 5.82 Å². The van der Waals surface area contributed by atoms with Crippen LogP contribution in [-0.2, 0) is 29.1 Å². The van der Waals surface area contributed by atoms with Crippen molar-refractivity contribution in [1.29, 1.82) is 0 Å². The first kappa shape index (κ1) is 22.2. The number of hydrogen-bond donors (Lipinski definition) is 1. The highest BCUT2D eigenvalue weighted by Crippen LogP contribution is 2.33. The van der Waals surface area contributed by atoms with Crippen LogP contribution in [0.3, 0.4) is 0 Å². The number of ether oxygens (including phenoxy) is 1. The fourth-order valence-corrected chi connectivity index (χ4v) is 4.59. The Kier molecular flexibility index (Phi) is 6.69. The van der Waals surface area contributed by atoms with Gasteiger partial charge >= 0.3 is 0 Å². The molecule has 0 saturated carbocycles. The second-order valence-corrected chi connectivity index (χ2v) is 8.44. The van der Waals surface area contributed by atoms with E-state index in [1.807, 2.05) is 41.1 Å². The fourth-order valence-electron chi connectivity index (χ4n) is 4.59. The molecule has 2 aliphatic heterocycles. The van der Waals surface area contributed by atoms with Gasteiger partial charge in [-0.05, 0) is 43.4 Å². The zero-order valence-corrected chi connectivity index (χ0v) is 19.1. The molecule has 1 N–H and O–H groups in total. The second kappa shape index (κ2) is 9.65. The number of aromatic nitrogens is 2. The lowest BCUT2D eigenvalue weighted by Gasteiger charge is -2.36. The van der Waals surface area contributed by atoms with Gasteiger partial charge in [0.1, 0.15) is 5.82 Å². The molecule has 2 amide bonds. The Labute approximate surface area is 189 Å². The first-order valence-corrected chi connectivity index (χ1v) is 11.2. The van der Waals surface area contributed by atoms with Crippen molar-refractivity contribution >= 4 is 17.6 Å². The topological polar surface area (TPSA) is 87.7 Å². The van der Waals surface area contributed by atoms with Gasteiger partial charge in [0.25, 0.3) is 5.91 Å². The van der Waals surface area contributed by atoms with Gasteiger partial charge in [0.05, 0.1) is 24.9 Å². The van der Waals surface area contributed by atoms with E-state index in [9.17, 15) is 9.59 Å². The molecule has 2 aliphatic rings. The van der Waals surface area contributed by atoms with Crippen LogP contribution in [0.4, 0.5) is 5.82 Å². The van der Waals surface area contributed by atoms with Crippen molar-refractivity contribution in [2.45, 2.75) is 51.8 Å². The minimum Gasteiger partial charge on any atom is -0.380 e. The zero-order chi connectivity index (χ0) is 22.7. The Hall–Kier alpha value is -3.00. The van der Waals surface area contributed by atoms with Crippen molar-refractivity contribution in [3.05, 3.63) is 52.5 Å². The Morgan fingerprint density at radius 2 is 1.94 bits per heavy atom. The number of carbonyl (C=O) groups is 2. The van der Waals surface area contributed by atoms with E-state index >= 15 is 0 Å². The molecule has 170 valence electrons. The smallest absolute Gasteiger partial charge is 0.254 e. The summed E-state index contributed by atoms with van der Waals surface area (Å²) < 4.78 is 5.17. The van der Waals surface area contributed by atoms with E-state index in [4.69, 9.17) is 14.7 Å². The molecule has 1 atom stereocenters. The average Bonchev–Trinajstić information content (AvgIpc) is 2.83. The van der Waals surface area contributed by atoms with Crippen LogP contribution in [-0.4, -0.2) is 58.8 Å². The lowest BCUT2D eigenvalue weighted by atomic mass is 9.98. The minimum atomic E-state index is -0.181. The molecule has 0 radical (unpaired) electrons. The first-order valence-electron chi connectivity index (χ1n) is 11.2. The molecule has 0 unspecified atom stereocenters. The number of nitrogens with one attached hydrogen (secondary N) is 1. The predicted octanol–water partition coefficient (Wildman–Crippen LogP) is 2.94. The van der Waals surface area contributed by atoms with Gasteiger partial charge in [-0.3, -0.25) is 9.59 Å². The molecule has 8 nitrogen and oxygen atoms in total. The third-order valence-corrected chi connectivity index (χ3v) is 6.34. The van der Waals surface area contributed by atoms with E-state index < -0.39 is 0 Å². The van der Waals surface area contributed by atoms with Crippen LogP contribution >= 0.6 is 0 Å². The summed E-state index contributed by atoms with van der Waals surface area (Å²) in [6.07, 6.45) is 3.54. The summed E-state index contributed by atoms with van der Waals surface area (Å²) in [4.78, 5) is 38.8. The van der Waals surface area contributed by atoms with Crippen LogP contribution in [0.25, 0.3) is 0 Å². The molecule has 1 fully saturated rings. The van der Waals surface area contributed by atoms with Crippen molar-refractivity contribution in [2.75, 3.05) is 32.6 Å². The molecule has 1 saturated heterocycles. The maximum absolute atomic E-state index is 13.4. The molecule has 0 aliphatic carbocycles. The molecule has 32 heavy (non-hydrogen) atoms. The molecular weight excluding hydrogens is 406 g/mol. The van der Waals surface area contributed by atoms with Gasteiger partial charge in [-0.25, -0.2) is 9.97 Å². The highest BCUT2D eigenvalue weighted by atomic mass is 16.5. The molecule has 0 bridgehead atoms. The van der Waals surface area contributed by atoms with E-state index in [0.717, 1.165) is 48.3 Å². The Balaban J connectivity index is 1.64. The Bertz CT molecular complexity index is 992. The van der Waals surface area contributed by atoms with Crippen LogP contribution in [0.2, 0.25) is 0 Å². The van der Waals surface area contributed by atoms with Gasteiger partial charge in [0, 0.05) is 45.3 Å². The number of likely N-dealkylation sites (tertiary alicyclic amines) is 1. The molecule has 4 rings (SSSR count). The molecular formula is C24H31N5O3. The highest BCUT2D eigenvalue weighted by Gasteiger charge is 2.33. The third-order valence-electron chi connectivity index (χ3n) is 6.34. The zero-order valence-electron chi connectivity index (χ0n) is 19.1. The number of fused-ring (bicyclic) bond motifs is 1. The average molecular weight is 438 g/mol. The van der Waals surface area contributed by atoms with Crippen LogP contribution in [0, 0.1) is 0 Å². The summed E-state index contributed by atoms with van der Waals surface area (Å²) in [7, 11) is 3.51. The monoisotopic (exact) mass is 437 g/mol. The first-order chi connectivity index (χ1) is 15.5. The number of nitrogens with zero attached hydrogens (tertiary/aromatic N) is 4. The number of piperidine rings is 1. The SMILES string of the molecule is CNc1nc([C@@H]2CCCCN2C(=O)c2ccc(COC)cc2)nc2c1CCN(C(C)=O)C2. The molecule has 3 heterocycles. The maximum Gasteiger partial charge on any atom is 0.254 e. The normalized spacial score (nSPS) is 18.3. The number of methoxy groups -OCH3 is 1. The summed E-state index contributed by atoms with van der Waals surface area (Å²) in [5.41, 5.74) is 3.64. The predicted molar refractivity (Wildman–Crippen MR) is 121 cm³/mol. The highest BCUT2D eigenvalue weighted by molar-refractivity contribution is 5.94. The van der Waals surface area contributed by atoms with Crippen LogP contribution in [0.1, 0.15) is 65.2 Å². The maximum atomic E-state index is 13.4. The summed E-state index contributed by atoms with van der Waals surface area (Å²) in [6, 6.07) is 7.40. The fraction of sp³-hybridized carbons (Fsp3) is 0.500. The molecule has 1 aromatic carbocycles. The summed E-state index contributed by atoms with van der Waals surface area (Å²) >= 11 is 0. The number of amides is 2. The van der Waals surface area contributed by atoms with Gasteiger partial charge in [-0.1, -0.05) is 12.1 Å². The number of benzene rings is 1. The van der Waals surface area contributed by atoms with Gasteiger partial charge in [-0.2, -0.15) is 0 Å². The van der Waals surface area contributed by atoms with Crippen molar-refractivity contribution in [3.8, 4) is 0 Å². The lowest BCUT2D eigenvalue weighted by Crippen LogP contribution is -2.40. The molecule has 2 aromatic rings. The van der Waals surface area contributed by atoms with Crippen molar-refractivity contribution in [3.63, 3.8) is 0 Å². The Morgan fingerprint density at radius 1 is 1.16 bits per heavy atom. The largest absolute Gasteiger partial charge is 0.380 e. The molecule has 1 aromatic heterocycles. The Morgan fingerprint density at radius 3 is 2.62 bits per heavy atom. The van der Waals surface area contributed by atoms with Crippen LogP contribution in [0.15, 0.2) is 24.3 Å². The second-order valence-electron chi connectivity index (χ2n) is 8.44. The number of anilines is 1. The number of carbonyl (C=O) groups excluding carboxylic acids is 2. The minimum absolute atomic E-state index is 0.00337. The van der Waals surface area contributed by atoms with Crippen LogP contribution < -0.4 is 5.32 Å². The van der Waals surface area contributed by atoms with E-state index in [-0.39, 0.29) is 17.9 Å². The quantitative estimate of drug-likeness (QED) is 0.774. The van der Waals surface area contributed by atoms with E-state index in [2.05, 4.69) is 5.32 Å². The van der Waals surface area contributed by atoms with Gasteiger partial charge < -0.3 is 19.9 Å². The van der Waals surface area contributed by atoms with E-state index in [1.54, 1.807) is 14.0 Å². The summed E-state index contributed by atoms with van der Waals surface area (Å²) in [6.45, 7) is 3.95. The summed E-state index contributed by atoms with van der Waals surface area (Å²) in [5.74, 6) is 1.50. The van der Waals surface area contributed by atoms with Crippen molar-refractivity contribution < 1.29 is 14.3 Å². The van der Waals surface area contributed by atoms with Crippen LogP contribution in [0.5, 0.6) is 0 Å². The third kappa shape index (κ3) is 4.46. The van der Waals surface area contributed by atoms with Gasteiger partial charge in [0.2, 0.25) is 5.91 Å². The summed E-state index contributed by atoms with van der Waals surface area (Å²) in [5, 5.41) is 3.20. The number of hydrogen-bond acceptors (Lipinski definition) is 6. The van der Waals surface area contributed by atoms with Crippen molar-refractivity contribution in [2.24, 2.45) is 0 Å². The standard InChI is InChI=1S/C24H31N5O3/c1-16(30)28-13-11-19-20(14-28)26-23(27-22(19)25-2)21-6-4-5-12-29(21)24(31)18-9-7-17(8-10-18)15-32-3/h7-10,21H,4-6,11-15H2,1-3H3,(H,25,26,27)/t21-/m0/s1. The van der Waals surface area contributed by atoms with Gasteiger partial charge in [-0.15, -0.1) is 0 Å². The number of rotatable bonds is 5. The van der Waals surface area contributed by atoms with E-state index in [1.165, 1.54) is 0 Å². The molecule has 0 spiro atoms.